The van der Waals surface area contributed by atoms with Gasteiger partial charge in [0, 0.05) is 19.6 Å². The monoisotopic (exact) mass is 443 g/mol. The van der Waals surface area contributed by atoms with Crippen LogP contribution in [0.4, 0.5) is 9.18 Å². The number of benzene rings is 1. The second-order valence-electron chi connectivity index (χ2n) is 7.37. The Hall–Kier alpha value is -2.53. The normalized spacial score (nSPS) is 15.6. The number of carbonyl (C=O) groups excluding carboxylic acids is 3. The van der Waals surface area contributed by atoms with Crippen molar-refractivity contribution in [2.45, 2.75) is 31.6 Å². The third-order valence-electron chi connectivity index (χ3n) is 4.51. The van der Waals surface area contributed by atoms with Gasteiger partial charge in [0.05, 0.1) is 5.92 Å². The molecule has 1 aliphatic rings. The number of carbonyl (C=O) groups is 3. The number of amides is 3. The number of rotatable bonds is 7. The van der Waals surface area contributed by atoms with Gasteiger partial charge in [-0.1, -0.05) is 26.0 Å². The molecule has 166 valence electrons. The maximum absolute atomic E-state index is 13.9. The van der Waals surface area contributed by atoms with Gasteiger partial charge in [0.25, 0.3) is 5.91 Å². The molecule has 0 unspecified atom stereocenters. The zero-order valence-electron chi connectivity index (χ0n) is 16.9. The first-order chi connectivity index (χ1) is 14.1. The summed E-state index contributed by atoms with van der Waals surface area (Å²) in [6.07, 6.45) is 0.367. The minimum Gasteiger partial charge on any atom is -0.455 e. The quantitative estimate of drug-likeness (QED) is 0.612. The lowest BCUT2D eigenvalue weighted by Crippen LogP contribution is -2.43. The topological polar surface area (TPSA) is 122 Å². The Morgan fingerprint density at radius 3 is 2.43 bits per heavy atom. The van der Waals surface area contributed by atoms with Crippen molar-refractivity contribution in [1.82, 2.24) is 14.9 Å². The first-order valence-electron chi connectivity index (χ1n) is 9.60. The molecule has 0 radical (unpaired) electrons. The number of hydrogen-bond donors (Lipinski definition) is 2. The molecule has 1 aliphatic heterocycles. The van der Waals surface area contributed by atoms with Crippen LogP contribution >= 0.6 is 0 Å². The highest BCUT2D eigenvalue weighted by atomic mass is 32.2. The SMILES string of the molecule is CC(C)CNC(=O)NC(=O)COC(=O)C1CCN(S(=O)(=O)c2ccccc2F)CC1. The second kappa shape index (κ2) is 10.5. The van der Waals surface area contributed by atoms with E-state index < -0.39 is 51.2 Å². The van der Waals surface area contributed by atoms with E-state index in [2.05, 4.69) is 10.6 Å². The summed E-state index contributed by atoms with van der Waals surface area (Å²) in [5.74, 6) is -2.60. The van der Waals surface area contributed by atoms with Crippen molar-refractivity contribution in [3.63, 3.8) is 0 Å². The fourth-order valence-electron chi connectivity index (χ4n) is 2.88. The van der Waals surface area contributed by atoms with Crippen LogP contribution in [0.3, 0.4) is 0 Å². The highest BCUT2D eigenvalue weighted by Gasteiger charge is 2.34. The van der Waals surface area contributed by atoms with Crippen LogP contribution in [0.2, 0.25) is 0 Å². The van der Waals surface area contributed by atoms with Gasteiger partial charge in [0.1, 0.15) is 10.7 Å². The number of nitrogens with one attached hydrogen (secondary N) is 2. The molecule has 1 aromatic carbocycles. The summed E-state index contributed by atoms with van der Waals surface area (Å²) < 4.78 is 45.1. The van der Waals surface area contributed by atoms with Crippen LogP contribution in [0.5, 0.6) is 0 Å². The second-order valence-corrected chi connectivity index (χ2v) is 9.27. The molecule has 2 N–H and O–H groups in total. The maximum atomic E-state index is 13.9. The van der Waals surface area contributed by atoms with Crippen LogP contribution in [-0.2, 0) is 24.3 Å². The fourth-order valence-corrected chi connectivity index (χ4v) is 4.42. The third-order valence-corrected chi connectivity index (χ3v) is 6.44. The number of imide groups is 1. The van der Waals surface area contributed by atoms with Crippen LogP contribution in [0.25, 0.3) is 0 Å². The molecule has 0 aromatic heterocycles. The molecular weight excluding hydrogens is 417 g/mol. The molecule has 1 saturated heterocycles. The van der Waals surface area contributed by atoms with Crippen molar-refractivity contribution in [2.75, 3.05) is 26.2 Å². The Morgan fingerprint density at radius 1 is 1.20 bits per heavy atom. The molecule has 9 nitrogen and oxygen atoms in total. The van der Waals surface area contributed by atoms with E-state index in [1.54, 1.807) is 0 Å². The molecule has 0 atom stereocenters. The lowest BCUT2D eigenvalue weighted by atomic mass is 9.98. The summed E-state index contributed by atoms with van der Waals surface area (Å²) in [5.41, 5.74) is 0. The zero-order chi connectivity index (χ0) is 22.3. The predicted octanol–water partition coefficient (Wildman–Crippen LogP) is 1.25. The highest BCUT2D eigenvalue weighted by Crippen LogP contribution is 2.25. The van der Waals surface area contributed by atoms with Crippen molar-refractivity contribution in [2.24, 2.45) is 11.8 Å². The lowest BCUT2D eigenvalue weighted by molar-refractivity contribution is -0.153. The van der Waals surface area contributed by atoms with Gasteiger partial charge in [-0.3, -0.25) is 14.9 Å². The zero-order valence-corrected chi connectivity index (χ0v) is 17.7. The molecule has 11 heteroatoms. The van der Waals surface area contributed by atoms with E-state index in [0.717, 1.165) is 10.4 Å². The standard InChI is InChI=1S/C19H26FN3O6S/c1-13(2)11-21-19(26)22-17(24)12-29-18(25)14-7-9-23(10-8-14)30(27,28)16-6-4-3-5-15(16)20/h3-6,13-14H,7-12H2,1-2H3,(H2,21,22,24,26). The molecule has 0 spiro atoms. The molecule has 3 amide bonds. The average Bonchev–Trinajstić information content (AvgIpc) is 2.70. The number of piperidine rings is 1. The summed E-state index contributed by atoms with van der Waals surface area (Å²) in [6.45, 7) is 3.64. The summed E-state index contributed by atoms with van der Waals surface area (Å²) in [7, 11) is -4.00. The Labute approximate surface area is 175 Å². The summed E-state index contributed by atoms with van der Waals surface area (Å²) >= 11 is 0. The van der Waals surface area contributed by atoms with Gasteiger partial charge in [0.2, 0.25) is 10.0 Å². The minimum absolute atomic E-state index is 0.0280. The van der Waals surface area contributed by atoms with E-state index in [1.165, 1.54) is 18.2 Å². The van der Waals surface area contributed by atoms with Crippen LogP contribution in [-0.4, -0.2) is 56.9 Å². The molecule has 1 aromatic rings. The van der Waals surface area contributed by atoms with Gasteiger partial charge in [-0.15, -0.1) is 0 Å². The Bertz CT molecular complexity index is 882. The number of urea groups is 1. The van der Waals surface area contributed by atoms with E-state index >= 15 is 0 Å². The Kier molecular flexibility index (Phi) is 8.30. The van der Waals surface area contributed by atoms with E-state index in [4.69, 9.17) is 4.74 Å². The smallest absolute Gasteiger partial charge is 0.321 e. The van der Waals surface area contributed by atoms with E-state index in [0.29, 0.717) is 6.54 Å². The Balaban J connectivity index is 1.79. The molecule has 0 saturated carbocycles. The van der Waals surface area contributed by atoms with Gasteiger partial charge < -0.3 is 10.1 Å². The van der Waals surface area contributed by atoms with Gasteiger partial charge >= 0.3 is 12.0 Å². The number of hydrogen-bond acceptors (Lipinski definition) is 6. The average molecular weight is 443 g/mol. The van der Waals surface area contributed by atoms with Crippen molar-refractivity contribution in [3.05, 3.63) is 30.1 Å². The van der Waals surface area contributed by atoms with Gasteiger partial charge in [-0.25, -0.2) is 17.6 Å². The summed E-state index contributed by atoms with van der Waals surface area (Å²) in [4.78, 5) is 34.9. The van der Waals surface area contributed by atoms with E-state index in [-0.39, 0.29) is 31.8 Å². The molecule has 0 bridgehead atoms. The summed E-state index contributed by atoms with van der Waals surface area (Å²) in [6, 6.07) is 4.44. The number of sulfonamides is 1. The van der Waals surface area contributed by atoms with Gasteiger partial charge in [-0.05, 0) is 30.9 Å². The molecule has 30 heavy (non-hydrogen) atoms. The molecular formula is C19H26FN3O6S. The van der Waals surface area contributed by atoms with Crippen molar-refractivity contribution < 1.29 is 31.9 Å². The minimum atomic E-state index is -4.00. The highest BCUT2D eigenvalue weighted by molar-refractivity contribution is 7.89. The van der Waals surface area contributed by atoms with Crippen LogP contribution in [0, 0.1) is 17.7 Å². The van der Waals surface area contributed by atoms with E-state index in [9.17, 15) is 27.2 Å². The van der Waals surface area contributed by atoms with Crippen LogP contribution in [0.15, 0.2) is 29.2 Å². The van der Waals surface area contributed by atoms with Crippen molar-refractivity contribution in [1.29, 1.82) is 0 Å². The lowest BCUT2D eigenvalue weighted by Gasteiger charge is -2.30. The van der Waals surface area contributed by atoms with E-state index in [1.807, 2.05) is 13.8 Å². The van der Waals surface area contributed by atoms with Crippen molar-refractivity contribution >= 4 is 27.9 Å². The predicted molar refractivity (Wildman–Crippen MR) is 105 cm³/mol. The van der Waals surface area contributed by atoms with Crippen LogP contribution < -0.4 is 10.6 Å². The third kappa shape index (κ3) is 6.49. The number of esters is 1. The summed E-state index contributed by atoms with van der Waals surface area (Å²) in [5, 5.41) is 4.55. The van der Waals surface area contributed by atoms with Crippen LogP contribution in [0.1, 0.15) is 26.7 Å². The molecule has 2 rings (SSSR count). The van der Waals surface area contributed by atoms with Gasteiger partial charge in [0.15, 0.2) is 6.61 Å². The molecule has 0 aliphatic carbocycles. The largest absolute Gasteiger partial charge is 0.455 e. The van der Waals surface area contributed by atoms with Gasteiger partial charge in [-0.2, -0.15) is 4.31 Å². The maximum Gasteiger partial charge on any atom is 0.321 e. The first kappa shape index (κ1) is 23.7. The number of halogens is 1. The molecule has 1 heterocycles. The Morgan fingerprint density at radius 2 is 1.83 bits per heavy atom. The molecule has 1 fully saturated rings. The number of ether oxygens (including phenoxy) is 1. The first-order valence-corrected chi connectivity index (χ1v) is 11.0. The van der Waals surface area contributed by atoms with Crippen molar-refractivity contribution in [3.8, 4) is 0 Å². The fraction of sp³-hybridized carbons (Fsp3) is 0.526. The number of nitrogens with zero attached hydrogens (tertiary/aromatic N) is 1.